The van der Waals surface area contributed by atoms with Crippen LogP contribution in [0, 0.1) is 0 Å². The van der Waals surface area contributed by atoms with Crippen LogP contribution >= 0.6 is 15.9 Å². The maximum atomic E-state index is 3.74. The Bertz CT molecular complexity index is 127. The van der Waals surface area contributed by atoms with E-state index in [-0.39, 0.29) is 0 Å². The van der Waals surface area contributed by atoms with Crippen molar-refractivity contribution in [3.8, 4) is 0 Å². The molecule has 0 aliphatic carbocycles. The van der Waals surface area contributed by atoms with E-state index in [1.807, 2.05) is 0 Å². The highest BCUT2D eigenvalue weighted by Gasteiger charge is 2.24. The van der Waals surface area contributed by atoms with Crippen molar-refractivity contribution in [1.82, 2.24) is 4.90 Å². The van der Waals surface area contributed by atoms with Crippen molar-refractivity contribution in [2.24, 2.45) is 0 Å². The van der Waals surface area contributed by atoms with Crippen molar-refractivity contribution in [3.05, 3.63) is 0 Å². The third-order valence-corrected chi connectivity index (χ3v) is 4.05. The molecule has 1 aliphatic heterocycles. The van der Waals surface area contributed by atoms with Gasteiger partial charge in [0, 0.05) is 10.9 Å². The quantitative estimate of drug-likeness (QED) is 0.678. The molecule has 0 spiro atoms. The van der Waals surface area contributed by atoms with E-state index < -0.39 is 0 Å². The first-order valence-corrected chi connectivity index (χ1v) is 6.05. The number of halogens is 1. The van der Waals surface area contributed by atoms with Gasteiger partial charge in [-0.2, -0.15) is 0 Å². The molecule has 0 amide bonds. The Hall–Kier alpha value is 0.440. The SMILES string of the molecule is CCCCN1CCCC(Br)C1C. The van der Waals surface area contributed by atoms with E-state index in [1.54, 1.807) is 0 Å². The lowest BCUT2D eigenvalue weighted by Gasteiger charge is -2.36. The minimum Gasteiger partial charge on any atom is -0.300 e. The molecule has 1 heterocycles. The number of nitrogens with zero attached hydrogens (tertiary/aromatic N) is 1. The number of alkyl halides is 1. The van der Waals surface area contributed by atoms with Crippen LogP contribution in [-0.4, -0.2) is 28.9 Å². The zero-order valence-electron chi connectivity index (χ0n) is 8.22. The topological polar surface area (TPSA) is 3.24 Å². The van der Waals surface area contributed by atoms with Crippen molar-refractivity contribution >= 4 is 15.9 Å². The molecule has 1 fully saturated rings. The average Bonchev–Trinajstić information content (AvgIpc) is 2.08. The fourth-order valence-electron chi connectivity index (χ4n) is 1.84. The maximum Gasteiger partial charge on any atom is 0.0299 e. The van der Waals surface area contributed by atoms with Crippen LogP contribution in [0.3, 0.4) is 0 Å². The summed E-state index contributed by atoms with van der Waals surface area (Å²) in [7, 11) is 0. The molecule has 0 bridgehead atoms. The highest BCUT2D eigenvalue weighted by atomic mass is 79.9. The van der Waals surface area contributed by atoms with Gasteiger partial charge in [-0.15, -0.1) is 0 Å². The van der Waals surface area contributed by atoms with Gasteiger partial charge >= 0.3 is 0 Å². The molecule has 72 valence electrons. The number of hydrogen-bond acceptors (Lipinski definition) is 1. The molecule has 1 nitrogen and oxygen atoms in total. The third kappa shape index (κ3) is 2.74. The van der Waals surface area contributed by atoms with Gasteiger partial charge in [0.25, 0.3) is 0 Å². The van der Waals surface area contributed by atoms with Crippen LogP contribution in [0.2, 0.25) is 0 Å². The van der Waals surface area contributed by atoms with Crippen molar-refractivity contribution in [2.45, 2.75) is 50.4 Å². The summed E-state index contributed by atoms with van der Waals surface area (Å²) in [5.41, 5.74) is 0. The van der Waals surface area contributed by atoms with Crippen LogP contribution < -0.4 is 0 Å². The van der Waals surface area contributed by atoms with E-state index >= 15 is 0 Å². The summed E-state index contributed by atoms with van der Waals surface area (Å²) in [6.07, 6.45) is 5.38. The molecular formula is C10H20BrN. The lowest BCUT2D eigenvalue weighted by Crippen LogP contribution is -2.44. The fourth-order valence-corrected chi connectivity index (χ4v) is 2.50. The molecular weight excluding hydrogens is 214 g/mol. The van der Waals surface area contributed by atoms with Gasteiger partial charge in [0.15, 0.2) is 0 Å². The van der Waals surface area contributed by atoms with Crippen molar-refractivity contribution in [3.63, 3.8) is 0 Å². The summed E-state index contributed by atoms with van der Waals surface area (Å²) in [5, 5.41) is 0. The Labute approximate surface area is 84.6 Å². The molecule has 1 aliphatic rings. The molecule has 2 atom stereocenters. The van der Waals surface area contributed by atoms with Crippen molar-refractivity contribution < 1.29 is 0 Å². The normalized spacial score (nSPS) is 32.2. The second-order valence-electron chi connectivity index (χ2n) is 3.79. The van der Waals surface area contributed by atoms with E-state index in [0.717, 1.165) is 10.9 Å². The average molecular weight is 234 g/mol. The van der Waals surface area contributed by atoms with Crippen molar-refractivity contribution in [1.29, 1.82) is 0 Å². The van der Waals surface area contributed by atoms with Crippen LogP contribution in [0.1, 0.15) is 39.5 Å². The summed E-state index contributed by atoms with van der Waals surface area (Å²) in [6, 6.07) is 0.741. The highest BCUT2D eigenvalue weighted by Crippen LogP contribution is 2.23. The standard InChI is InChI=1S/C10H20BrN/c1-3-4-7-12-8-5-6-10(11)9(12)2/h9-10H,3-8H2,1-2H3. The van der Waals surface area contributed by atoms with Gasteiger partial charge in [-0.3, -0.25) is 4.90 Å². The number of likely N-dealkylation sites (tertiary alicyclic amines) is 1. The maximum absolute atomic E-state index is 3.74. The van der Waals surface area contributed by atoms with E-state index in [4.69, 9.17) is 0 Å². The Morgan fingerprint density at radius 2 is 2.25 bits per heavy atom. The monoisotopic (exact) mass is 233 g/mol. The summed E-state index contributed by atoms with van der Waals surface area (Å²) >= 11 is 3.74. The fraction of sp³-hybridized carbons (Fsp3) is 1.00. The van der Waals surface area contributed by atoms with Crippen LogP contribution in [0.25, 0.3) is 0 Å². The van der Waals surface area contributed by atoms with E-state index in [1.165, 1.54) is 38.8 Å². The lowest BCUT2D eigenvalue weighted by molar-refractivity contribution is 0.166. The van der Waals surface area contributed by atoms with Crippen LogP contribution in [0.4, 0.5) is 0 Å². The van der Waals surface area contributed by atoms with E-state index in [0.29, 0.717) is 0 Å². The zero-order chi connectivity index (χ0) is 8.97. The number of piperidine rings is 1. The number of rotatable bonds is 3. The van der Waals surface area contributed by atoms with E-state index in [2.05, 4.69) is 34.7 Å². The van der Waals surface area contributed by atoms with Crippen LogP contribution in [-0.2, 0) is 0 Å². The van der Waals surface area contributed by atoms with Gasteiger partial charge in [-0.1, -0.05) is 29.3 Å². The molecule has 12 heavy (non-hydrogen) atoms. The smallest absolute Gasteiger partial charge is 0.0299 e. The van der Waals surface area contributed by atoms with Gasteiger partial charge in [-0.25, -0.2) is 0 Å². The van der Waals surface area contributed by atoms with Gasteiger partial charge in [-0.05, 0) is 39.3 Å². The second kappa shape index (κ2) is 5.23. The molecule has 1 rings (SSSR count). The molecule has 1 saturated heterocycles. The molecule has 0 saturated carbocycles. The van der Waals surface area contributed by atoms with Crippen LogP contribution in [0.15, 0.2) is 0 Å². The van der Waals surface area contributed by atoms with E-state index in [9.17, 15) is 0 Å². The molecule has 0 radical (unpaired) electrons. The third-order valence-electron chi connectivity index (χ3n) is 2.82. The summed E-state index contributed by atoms with van der Waals surface area (Å²) in [6.45, 7) is 7.21. The first kappa shape index (κ1) is 10.5. The van der Waals surface area contributed by atoms with Gasteiger partial charge < -0.3 is 0 Å². The van der Waals surface area contributed by atoms with Crippen LogP contribution in [0.5, 0.6) is 0 Å². The predicted molar refractivity (Wildman–Crippen MR) is 57.9 cm³/mol. The molecule has 2 heteroatoms. The first-order valence-electron chi connectivity index (χ1n) is 5.13. The summed E-state index contributed by atoms with van der Waals surface area (Å²) in [5.74, 6) is 0. The van der Waals surface area contributed by atoms with Gasteiger partial charge in [0.2, 0.25) is 0 Å². The Balaban J connectivity index is 2.30. The molecule has 2 unspecified atom stereocenters. The molecule has 0 aromatic heterocycles. The molecule has 0 N–H and O–H groups in total. The Kier molecular flexibility index (Phi) is 4.59. The first-order chi connectivity index (χ1) is 5.75. The zero-order valence-corrected chi connectivity index (χ0v) is 9.81. The largest absolute Gasteiger partial charge is 0.300 e. The Morgan fingerprint density at radius 1 is 1.50 bits per heavy atom. The van der Waals surface area contributed by atoms with Crippen molar-refractivity contribution in [2.75, 3.05) is 13.1 Å². The predicted octanol–water partition coefficient (Wildman–Crippen LogP) is 3.03. The molecule has 0 aromatic carbocycles. The minimum absolute atomic E-state index is 0.725. The summed E-state index contributed by atoms with van der Waals surface area (Å²) in [4.78, 5) is 3.34. The second-order valence-corrected chi connectivity index (χ2v) is 4.96. The lowest BCUT2D eigenvalue weighted by atomic mass is 10.0. The number of unbranched alkanes of at least 4 members (excludes halogenated alkanes) is 1. The number of hydrogen-bond donors (Lipinski definition) is 0. The minimum atomic E-state index is 0.725. The van der Waals surface area contributed by atoms with Gasteiger partial charge in [0.05, 0.1) is 0 Å². The summed E-state index contributed by atoms with van der Waals surface area (Å²) < 4.78 is 0. The van der Waals surface area contributed by atoms with Gasteiger partial charge in [0.1, 0.15) is 0 Å². The Morgan fingerprint density at radius 3 is 2.92 bits per heavy atom. The molecule has 0 aromatic rings. The highest BCUT2D eigenvalue weighted by molar-refractivity contribution is 9.09.